The van der Waals surface area contributed by atoms with Crippen molar-refractivity contribution in [3.05, 3.63) is 35.9 Å². The summed E-state index contributed by atoms with van der Waals surface area (Å²) in [5.41, 5.74) is 2.06. The molecule has 0 aromatic heterocycles. The Morgan fingerprint density at radius 2 is 1.93 bits per heavy atom. The summed E-state index contributed by atoms with van der Waals surface area (Å²) in [4.78, 5) is 10.3. The summed E-state index contributed by atoms with van der Waals surface area (Å²) in [6.07, 6.45) is 9.56. The zero-order valence-electron chi connectivity index (χ0n) is 18.1. The molecule has 4 rings (SSSR count). The molecule has 1 aromatic carbocycles. The third-order valence-corrected chi connectivity index (χ3v) is 7.17. The van der Waals surface area contributed by atoms with Crippen LogP contribution in [0.3, 0.4) is 0 Å². The van der Waals surface area contributed by atoms with E-state index in [9.17, 15) is 0 Å². The van der Waals surface area contributed by atoms with E-state index in [1.165, 1.54) is 82.8 Å². The summed E-state index contributed by atoms with van der Waals surface area (Å²) < 4.78 is 0. The first-order valence-electron chi connectivity index (χ1n) is 11.6. The van der Waals surface area contributed by atoms with Crippen molar-refractivity contribution in [3.8, 4) is 0 Å². The molecule has 162 valence electrons. The lowest BCUT2D eigenvalue weighted by Crippen LogP contribution is -2.41. The summed E-state index contributed by atoms with van der Waals surface area (Å²) in [6.45, 7) is 10.2. The highest BCUT2D eigenvalue weighted by atomic mass is 127. The second kappa shape index (κ2) is 11.0. The second-order valence-corrected chi connectivity index (χ2v) is 9.26. The third kappa shape index (κ3) is 6.09. The molecule has 1 unspecified atom stereocenters. The van der Waals surface area contributed by atoms with E-state index in [1.54, 1.807) is 0 Å². The van der Waals surface area contributed by atoms with E-state index in [-0.39, 0.29) is 24.0 Å². The first-order valence-corrected chi connectivity index (χ1v) is 11.6. The van der Waals surface area contributed by atoms with Crippen molar-refractivity contribution in [1.82, 2.24) is 15.1 Å². The predicted octanol–water partition coefficient (Wildman–Crippen LogP) is 4.40. The summed E-state index contributed by atoms with van der Waals surface area (Å²) in [5.74, 6) is 1.89. The van der Waals surface area contributed by atoms with E-state index in [1.807, 2.05) is 0 Å². The molecule has 2 saturated heterocycles. The fourth-order valence-electron chi connectivity index (χ4n) is 5.49. The fourth-order valence-corrected chi connectivity index (χ4v) is 5.49. The van der Waals surface area contributed by atoms with Crippen molar-refractivity contribution in [2.24, 2.45) is 16.3 Å². The average molecular weight is 511 g/mol. The summed E-state index contributed by atoms with van der Waals surface area (Å²) in [5, 5.41) is 3.58. The minimum absolute atomic E-state index is 0. The van der Waals surface area contributed by atoms with E-state index in [0.29, 0.717) is 11.3 Å². The molecule has 1 aromatic rings. The number of hydrogen-bond donors (Lipinski definition) is 1. The molecular formula is C24H39IN4. The molecular weight excluding hydrogens is 471 g/mol. The smallest absolute Gasteiger partial charge is 0.193 e. The minimum atomic E-state index is 0. The third-order valence-electron chi connectivity index (χ3n) is 7.17. The van der Waals surface area contributed by atoms with E-state index < -0.39 is 0 Å². The Morgan fingerprint density at radius 3 is 2.69 bits per heavy atom. The van der Waals surface area contributed by atoms with Crippen molar-refractivity contribution in [2.45, 2.75) is 51.9 Å². The van der Waals surface area contributed by atoms with Gasteiger partial charge >= 0.3 is 0 Å². The number of nitrogens with zero attached hydrogens (tertiary/aromatic N) is 3. The van der Waals surface area contributed by atoms with Crippen LogP contribution in [-0.2, 0) is 6.42 Å². The van der Waals surface area contributed by atoms with E-state index in [0.717, 1.165) is 19.5 Å². The monoisotopic (exact) mass is 510 g/mol. The van der Waals surface area contributed by atoms with Gasteiger partial charge in [-0.2, -0.15) is 0 Å². The normalized spacial score (nSPS) is 24.2. The molecule has 1 atom stereocenters. The maximum atomic E-state index is 5.09. The number of aliphatic imine (C=N–C) groups is 1. The lowest BCUT2D eigenvalue weighted by molar-refractivity contribution is 0.308. The van der Waals surface area contributed by atoms with Gasteiger partial charge in [-0.3, -0.25) is 4.99 Å². The second-order valence-electron chi connectivity index (χ2n) is 9.26. The fraction of sp³-hybridized carbons (Fsp3) is 0.708. The van der Waals surface area contributed by atoms with Gasteiger partial charge in [0.2, 0.25) is 0 Å². The molecule has 0 radical (unpaired) electrons. The summed E-state index contributed by atoms with van der Waals surface area (Å²) in [7, 11) is 0. The molecule has 3 fully saturated rings. The number of hydrogen-bond acceptors (Lipinski definition) is 2. The van der Waals surface area contributed by atoms with Crippen LogP contribution in [0.4, 0.5) is 0 Å². The van der Waals surface area contributed by atoms with Crippen LogP contribution in [0.15, 0.2) is 35.3 Å². The van der Waals surface area contributed by atoms with Crippen LogP contribution in [-0.4, -0.2) is 61.6 Å². The molecule has 2 heterocycles. The quantitative estimate of drug-likeness (QED) is 0.350. The van der Waals surface area contributed by atoms with Crippen LogP contribution in [0, 0.1) is 11.3 Å². The van der Waals surface area contributed by atoms with Gasteiger partial charge in [0.15, 0.2) is 5.96 Å². The molecule has 29 heavy (non-hydrogen) atoms. The van der Waals surface area contributed by atoms with Gasteiger partial charge in [-0.05, 0) is 62.5 Å². The minimum Gasteiger partial charge on any atom is -0.357 e. The first kappa shape index (κ1) is 22.9. The average Bonchev–Trinajstić information content (AvgIpc) is 3.47. The van der Waals surface area contributed by atoms with Crippen LogP contribution < -0.4 is 5.32 Å². The summed E-state index contributed by atoms with van der Waals surface area (Å²) >= 11 is 0. The Hall–Kier alpha value is -0.820. The molecule has 4 nitrogen and oxygen atoms in total. The Bertz CT molecular complexity index is 642. The van der Waals surface area contributed by atoms with Crippen molar-refractivity contribution >= 4 is 29.9 Å². The SMILES string of the molecule is CCNC(=NCC1CCN(CCc2ccccc2)C1)N1CCC2(CCCC2)C1.I. The highest BCUT2D eigenvalue weighted by Crippen LogP contribution is 2.45. The van der Waals surface area contributed by atoms with Crippen LogP contribution in [0.25, 0.3) is 0 Å². The standard InChI is InChI=1S/C24H38N4.HI/c1-2-25-23(28-17-14-24(20-28)12-6-7-13-24)26-18-22-11-16-27(19-22)15-10-21-8-4-3-5-9-21;/h3-5,8-9,22H,2,6-7,10-20H2,1H3,(H,25,26);1H. The highest BCUT2D eigenvalue weighted by Gasteiger charge is 2.41. The number of halogens is 1. The molecule has 0 amide bonds. The maximum Gasteiger partial charge on any atom is 0.193 e. The maximum absolute atomic E-state index is 5.09. The zero-order valence-corrected chi connectivity index (χ0v) is 20.4. The Balaban J connectivity index is 0.00000240. The zero-order chi connectivity index (χ0) is 19.2. The lowest BCUT2D eigenvalue weighted by atomic mass is 9.86. The van der Waals surface area contributed by atoms with Gasteiger partial charge < -0.3 is 15.1 Å². The van der Waals surface area contributed by atoms with Crippen molar-refractivity contribution in [3.63, 3.8) is 0 Å². The number of nitrogens with one attached hydrogen (secondary N) is 1. The van der Waals surface area contributed by atoms with Gasteiger partial charge in [0.1, 0.15) is 0 Å². The first-order chi connectivity index (χ1) is 13.8. The van der Waals surface area contributed by atoms with Gasteiger partial charge in [-0.1, -0.05) is 43.2 Å². The molecule has 1 aliphatic carbocycles. The number of likely N-dealkylation sites (tertiary alicyclic amines) is 2. The van der Waals surface area contributed by atoms with Gasteiger partial charge in [-0.15, -0.1) is 24.0 Å². The van der Waals surface area contributed by atoms with E-state index in [4.69, 9.17) is 4.99 Å². The predicted molar refractivity (Wildman–Crippen MR) is 133 cm³/mol. The van der Waals surface area contributed by atoms with Crippen molar-refractivity contribution < 1.29 is 0 Å². The largest absolute Gasteiger partial charge is 0.357 e. The van der Waals surface area contributed by atoms with Gasteiger partial charge in [0.25, 0.3) is 0 Å². The molecule has 0 bridgehead atoms. The summed E-state index contributed by atoms with van der Waals surface area (Å²) in [6, 6.07) is 10.9. The Labute approximate surface area is 194 Å². The van der Waals surface area contributed by atoms with Gasteiger partial charge in [0.05, 0.1) is 0 Å². The molecule has 3 aliphatic rings. The highest BCUT2D eigenvalue weighted by molar-refractivity contribution is 14.0. The molecule has 5 heteroatoms. The number of rotatable bonds is 6. The van der Waals surface area contributed by atoms with Crippen molar-refractivity contribution in [1.29, 1.82) is 0 Å². The van der Waals surface area contributed by atoms with Crippen molar-refractivity contribution in [2.75, 3.05) is 45.8 Å². The van der Waals surface area contributed by atoms with Gasteiger partial charge in [0, 0.05) is 39.3 Å². The van der Waals surface area contributed by atoms with E-state index in [2.05, 4.69) is 52.4 Å². The van der Waals surface area contributed by atoms with E-state index >= 15 is 0 Å². The molecule has 1 spiro atoms. The topological polar surface area (TPSA) is 30.9 Å². The van der Waals surface area contributed by atoms with Crippen LogP contribution >= 0.6 is 24.0 Å². The van der Waals surface area contributed by atoms with Crippen LogP contribution in [0.1, 0.15) is 51.0 Å². The Kier molecular flexibility index (Phi) is 8.66. The Morgan fingerprint density at radius 1 is 1.14 bits per heavy atom. The molecule has 1 saturated carbocycles. The number of guanidine groups is 1. The molecule has 2 aliphatic heterocycles. The van der Waals surface area contributed by atoms with Crippen LogP contribution in [0.5, 0.6) is 0 Å². The van der Waals surface area contributed by atoms with Gasteiger partial charge in [-0.25, -0.2) is 0 Å². The lowest BCUT2D eigenvalue weighted by Gasteiger charge is -2.26. The number of benzene rings is 1. The van der Waals surface area contributed by atoms with Crippen LogP contribution in [0.2, 0.25) is 0 Å². The molecule has 1 N–H and O–H groups in total.